The van der Waals surface area contributed by atoms with E-state index in [2.05, 4.69) is 25.7 Å². The van der Waals surface area contributed by atoms with Gasteiger partial charge in [0.25, 0.3) is 0 Å². The molecule has 1 aliphatic heterocycles. The molecule has 0 fully saturated rings. The SMILES string of the molecule is CCOc1c(F)cc(Cn2cc(CNc3nc(C)c4c(n3)N(C)[C@@H]([C@@H](C)COC)C(=O)N4)cn2)cc1F. The smallest absolute Gasteiger partial charge is 0.247 e. The second-order valence-corrected chi connectivity index (χ2v) is 9.03. The summed E-state index contributed by atoms with van der Waals surface area (Å²) in [5, 5.41) is 10.4. The van der Waals surface area contributed by atoms with Crippen LogP contribution in [0, 0.1) is 24.5 Å². The molecule has 3 heterocycles. The number of ether oxygens (including phenoxy) is 2. The molecule has 3 aromatic rings. The Bertz CT molecular complexity index is 1260. The summed E-state index contributed by atoms with van der Waals surface area (Å²) in [5.74, 6) is -0.999. The summed E-state index contributed by atoms with van der Waals surface area (Å²) in [6, 6.07) is 2.06. The van der Waals surface area contributed by atoms with Crippen LogP contribution in [0.15, 0.2) is 24.5 Å². The number of halogens is 2. The predicted octanol–water partition coefficient (Wildman–Crippen LogP) is 3.36. The quantitative estimate of drug-likeness (QED) is 0.424. The number of rotatable bonds is 10. The van der Waals surface area contributed by atoms with Crippen LogP contribution in [0.3, 0.4) is 0 Å². The third-order valence-electron chi connectivity index (χ3n) is 6.14. The Hall–Kier alpha value is -3.80. The largest absolute Gasteiger partial charge is 0.488 e. The maximum atomic E-state index is 14.2. The minimum atomic E-state index is -0.745. The van der Waals surface area contributed by atoms with E-state index in [9.17, 15) is 13.6 Å². The van der Waals surface area contributed by atoms with Crippen molar-refractivity contribution in [1.82, 2.24) is 19.7 Å². The van der Waals surface area contributed by atoms with Gasteiger partial charge in [0.1, 0.15) is 11.7 Å². The number of hydrogen-bond acceptors (Lipinski definition) is 8. The number of carbonyl (C=O) groups excluding carboxylic acids is 1. The number of carbonyl (C=O) groups is 1. The van der Waals surface area contributed by atoms with E-state index < -0.39 is 17.7 Å². The summed E-state index contributed by atoms with van der Waals surface area (Å²) in [7, 11) is 3.44. The summed E-state index contributed by atoms with van der Waals surface area (Å²) < 4.78 is 40.2. The third-order valence-corrected chi connectivity index (χ3v) is 6.14. The topological polar surface area (TPSA) is 106 Å². The highest BCUT2D eigenvalue weighted by atomic mass is 19.1. The lowest BCUT2D eigenvalue weighted by Crippen LogP contribution is -2.51. The van der Waals surface area contributed by atoms with Crippen molar-refractivity contribution in [3.63, 3.8) is 0 Å². The van der Waals surface area contributed by atoms with E-state index in [4.69, 9.17) is 9.47 Å². The maximum Gasteiger partial charge on any atom is 0.247 e. The van der Waals surface area contributed by atoms with Crippen molar-refractivity contribution >= 4 is 23.4 Å². The van der Waals surface area contributed by atoms with Gasteiger partial charge >= 0.3 is 0 Å². The zero-order chi connectivity index (χ0) is 26.7. The van der Waals surface area contributed by atoms with Gasteiger partial charge in [-0.25, -0.2) is 13.8 Å². The molecule has 12 heteroatoms. The molecular weight excluding hydrogens is 484 g/mol. The molecule has 198 valence electrons. The Balaban J connectivity index is 1.45. The number of hydrogen-bond donors (Lipinski definition) is 2. The van der Waals surface area contributed by atoms with Crippen molar-refractivity contribution in [2.75, 3.05) is 42.9 Å². The molecule has 0 saturated heterocycles. The highest BCUT2D eigenvalue weighted by Crippen LogP contribution is 2.34. The number of nitrogens with zero attached hydrogens (tertiary/aromatic N) is 5. The number of aromatic nitrogens is 4. The molecule has 0 bridgehead atoms. The molecule has 0 saturated carbocycles. The van der Waals surface area contributed by atoms with Gasteiger partial charge in [0.05, 0.1) is 31.6 Å². The number of methoxy groups -OCH3 is 1. The second kappa shape index (κ2) is 11.1. The monoisotopic (exact) mass is 515 g/mol. The fraction of sp³-hybridized carbons (Fsp3) is 0.440. The van der Waals surface area contributed by atoms with Gasteiger partial charge in [0, 0.05) is 38.4 Å². The molecule has 4 rings (SSSR count). The maximum absolute atomic E-state index is 14.2. The zero-order valence-corrected chi connectivity index (χ0v) is 21.5. The Morgan fingerprint density at radius 2 is 1.95 bits per heavy atom. The summed E-state index contributed by atoms with van der Waals surface area (Å²) >= 11 is 0. The molecular formula is C25H31F2N7O3. The second-order valence-electron chi connectivity index (χ2n) is 9.03. The first kappa shape index (κ1) is 26.3. The molecule has 0 radical (unpaired) electrons. The van der Waals surface area contributed by atoms with Crippen LogP contribution in [0.25, 0.3) is 0 Å². The summed E-state index contributed by atoms with van der Waals surface area (Å²) in [4.78, 5) is 23.7. The fourth-order valence-corrected chi connectivity index (χ4v) is 4.48. The lowest BCUT2D eigenvalue weighted by atomic mass is 9.98. The highest BCUT2D eigenvalue weighted by molar-refractivity contribution is 6.03. The molecule has 2 aromatic heterocycles. The van der Waals surface area contributed by atoms with Crippen molar-refractivity contribution in [3.05, 3.63) is 53.0 Å². The van der Waals surface area contributed by atoms with Crippen LogP contribution in [0.1, 0.15) is 30.7 Å². The van der Waals surface area contributed by atoms with E-state index in [0.29, 0.717) is 41.9 Å². The Morgan fingerprint density at radius 1 is 1.22 bits per heavy atom. The van der Waals surface area contributed by atoms with E-state index in [1.54, 1.807) is 31.1 Å². The summed E-state index contributed by atoms with van der Waals surface area (Å²) in [5.41, 5.74) is 2.48. The first-order valence-corrected chi connectivity index (χ1v) is 12.0. The van der Waals surface area contributed by atoms with E-state index in [1.807, 2.05) is 25.8 Å². The van der Waals surface area contributed by atoms with Crippen molar-refractivity contribution < 1.29 is 23.0 Å². The highest BCUT2D eigenvalue weighted by Gasteiger charge is 2.37. The average molecular weight is 516 g/mol. The predicted molar refractivity (Wildman–Crippen MR) is 135 cm³/mol. The van der Waals surface area contributed by atoms with Crippen LogP contribution in [-0.4, -0.2) is 59.1 Å². The van der Waals surface area contributed by atoms with Gasteiger partial charge in [-0.2, -0.15) is 10.1 Å². The van der Waals surface area contributed by atoms with Crippen LogP contribution in [0.5, 0.6) is 5.75 Å². The molecule has 2 N–H and O–H groups in total. The fourth-order valence-electron chi connectivity index (χ4n) is 4.48. The third kappa shape index (κ3) is 5.63. The normalized spacial score (nSPS) is 15.8. The molecule has 2 atom stereocenters. The lowest BCUT2D eigenvalue weighted by Gasteiger charge is -2.37. The first-order valence-electron chi connectivity index (χ1n) is 12.0. The minimum Gasteiger partial charge on any atom is -0.488 e. The Morgan fingerprint density at radius 3 is 2.62 bits per heavy atom. The summed E-state index contributed by atoms with van der Waals surface area (Å²) in [6.07, 6.45) is 3.44. The number of amides is 1. The van der Waals surface area contributed by atoms with Crippen molar-refractivity contribution in [2.24, 2.45) is 5.92 Å². The van der Waals surface area contributed by atoms with Crippen LogP contribution in [0.2, 0.25) is 0 Å². The van der Waals surface area contributed by atoms with Crippen LogP contribution >= 0.6 is 0 Å². The van der Waals surface area contributed by atoms with Gasteiger partial charge in [-0.15, -0.1) is 0 Å². The molecule has 1 aromatic carbocycles. The zero-order valence-electron chi connectivity index (χ0n) is 21.5. The van der Waals surface area contributed by atoms with Crippen molar-refractivity contribution in [2.45, 2.75) is 39.9 Å². The van der Waals surface area contributed by atoms with Gasteiger partial charge in [0.2, 0.25) is 11.9 Å². The van der Waals surface area contributed by atoms with Gasteiger partial charge in [-0.05, 0) is 31.5 Å². The standard InChI is InChI=1S/C25H31F2N7O3/c1-6-37-22-18(26)7-16(8-19(22)27)11-34-12-17(10-29-34)9-28-25-30-15(3)20-23(32-25)33(4)21(24(35)31-20)14(2)13-36-5/h7-8,10,12,14,21H,6,9,11,13H2,1-5H3,(H,31,35)(H,28,30,32)/t14-,21-/m0/s1. The van der Waals surface area contributed by atoms with E-state index in [-0.39, 0.29) is 30.7 Å². The summed E-state index contributed by atoms with van der Waals surface area (Å²) in [6.45, 7) is 6.62. The number of anilines is 3. The molecule has 1 aliphatic rings. The van der Waals surface area contributed by atoms with Gasteiger partial charge < -0.3 is 25.0 Å². The Labute approximate surface area is 214 Å². The number of fused-ring (bicyclic) bond motifs is 1. The van der Waals surface area contributed by atoms with Crippen LogP contribution in [-0.2, 0) is 22.6 Å². The van der Waals surface area contributed by atoms with Crippen LogP contribution < -0.4 is 20.3 Å². The average Bonchev–Trinajstić information content (AvgIpc) is 3.28. The van der Waals surface area contributed by atoms with Gasteiger partial charge in [-0.1, -0.05) is 6.92 Å². The van der Waals surface area contributed by atoms with Gasteiger partial charge in [-0.3, -0.25) is 9.48 Å². The number of aryl methyl sites for hydroxylation is 1. The van der Waals surface area contributed by atoms with Crippen molar-refractivity contribution in [3.8, 4) is 5.75 Å². The van der Waals surface area contributed by atoms with Crippen LogP contribution in [0.4, 0.5) is 26.2 Å². The molecule has 0 unspecified atom stereocenters. The Kier molecular flexibility index (Phi) is 7.86. The molecule has 10 nitrogen and oxygen atoms in total. The molecule has 0 aliphatic carbocycles. The first-order chi connectivity index (χ1) is 17.7. The van der Waals surface area contributed by atoms with E-state index in [0.717, 1.165) is 5.56 Å². The lowest BCUT2D eigenvalue weighted by molar-refractivity contribution is -0.119. The van der Waals surface area contributed by atoms with E-state index in [1.165, 1.54) is 12.1 Å². The van der Waals surface area contributed by atoms with E-state index >= 15 is 0 Å². The number of likely N-dealkylation sites (N-methyl/N-ethyl adjacent to an activating group) is 1. The van der Waals surface area contributed by atoms with Crippen molar-refractivity contribution in [1.29, 1.82) is 0 Å². The molecule has 1 amide bonds. The molecule has 0 spiro atoms. The van der Waals surface area contributed by atoms with Gasteiger partial charge in [0.15, 0.2) is 23.2 Å². The number of benzene rings is 1. The molecule has 37 heavy (non-hydrogen) atoms. The number of nitrogens with one attached hydrogen (secondary N) is 2. The minimum absolute atomic E-state index is 0.0435.